The van der Waals surface area contributed by atoms with E-state index in [1.54, 1.807) is 0 Å². The van der Waals surface area contributed by atoms with E-state index in [1.807, 2.05) is 19.1 Å². The molecule has 18 heavy (non-hydrogen) atoms. The van der Waals surface area contributed by atoms with Gasteiger partial charge in [0.15, 0.2) is 0 Å². The number of piperidine rings is 1. The quantitative estimate of drug-likeness (QED) is 0.862. The van der Waals surface area contributed by atoms with Crippen molar-refractivity contribution in [2.75, 3.05) is 6.54 Å². The first-order chi connectivity index (χ1) is 8.61. The largest absolute Gasteiger partial charge is 0.465 e. The highest BCUT2D eigenvalue weighted by atomic mass is 16.3. The Bertz CT molecular complexity index is 367. The highest BCUT2D eigenvalue weighted by Gasteiger charge is 2.27. The molecule has 0 spiro atoms. The van der Waals surface area contributed by atoms with Gasteiger partial charge in [0, 0.05) is 18.6 Å². The lowest BCUT2D eigenvalue weighted by molar-refractivity contribution is 0.0268. The van der Waals surface area contributed by atoms with E-state index in [2.05, 4.69) is 24.3 Å². The second-order valence-corrected chi connectivity index (χ2v) is 5.40. The van der Waals surface area contributed by atoms with Crippen LogP contribution in [0.5, 0.6) is 0 Å². The van der Waals surface area contributed by atoms with E-state index in [4.69, 9.17) is 10.2 Å². The van der Waals surface area contributed by atoms with Gasteiger partial charge in [-0.15, -0.1) is 0 Å². The molecule has 4 nitrogen and oxygen atoms in total. The van der Waals surface area contributed by atoms with Crippen LogP contribution in [0.1, 0.15) is 50.7 Å². The number of nitrogens with zero attached hydrogens (tertiary/aromatic N) is 1. The van der Waals surface area contributed by atoms with E-state index in [-0.39, 0.29) is 6.04 Å². The molecule has 0 amide bonds. The van der Waals surface area contributed by atoms with Gasteiger partial charge in [-0.25, -0.2) is 10.4 Å². The van der Waals surface area contributed by atoms with Gasteiger partial charge in [0.2, 0.25) is 0 Å². The molecule has 0 saturated carbocycles. The van der Waals surface area contributed by atoms with Gasteiger partial charge in [-0.2, -0.15) is 0 Å². The molecular weight excluding hydrogens is 226 g/mol. The van der Waals surface area contributed by atoms with Crippen molar-refractivity contribution in [2.45, 2.75) is 58.2 Å². The summed E-state index contributed by atoms with van der Waals surface area (Å²) in [6.07, 6.45) is 3.80. The number of rotatable bonds is 4. The summed E-state index contributed by atoms with van der Waals surface area (Å²) in [6, 6.07) is 5.18. The maximum absolute atomic E-state index is 5.87. The van der Waals surface area contributed by atoms with E-state index >= 15 is 0 Å². The summed E-state index contributed by atoms with van der Waals surface area (Å²) in [6.45, 7) is 7.04. The van der Waals surface area contributed by atoms with Crippen molar-refractivity contribution in [1.29, 1.82) is 0 Å². The topological polar surface area (TPSA) is 54.4 Å². The standard InChI is InChI=1S/C14H25N3O/c1-10-5-4-6-11(2)17(10)16-13(9-15)14-8-7-12(3)18-14/h7-8,10-11,13,16H,4-6,9,15H2,1-3H3. The first-order valence-corrected chi connectivity index (χ1v) is 6.92. The van der Waals surface area contributed by atoms with Crippen LogP contribution in [-0.2, 0) is 0 Å². The minimum absolute atomic E-state index is 0.0710. The Morgan fingerprint density at radius 1 is 1.39 bits per heavy atom. The molecule has 0 aliphatic carbocycles. The minimum atomic E-state index is 0.0710. The van der Waals surface area contributed by atoms with Crippen molar-refractivity contribution in [1.82, 2.24) is 10.4 Å². The molecule has 3 atom stereocenters. The van der Waals surface area contributed by atoms with Gasteiger partial charge in [-0.05, 0) is 45.7 Å². The number of hydrazine groups is 1. The Morgan fingerprint density at radius 2 is 2.06 bits per heavy atom. The van der Waals surface area contributed by atoms with Crippen molar-refractivity contribution >= 4 is 0 Å². The van der Waals surface area contributed by atoms with Gasteiger partial charge in [0.05, 0.1) is 6.04 Å². The van der Waals surface area contributed by atoms with Gasteiger partial charge in [0.1, 0.15) is 11.5 Å². The molecule has 3 unspecified atom stereocenters. The smallest absolute Gasteiger partial charge is 0.123 e. The highest BCUT2D eigenvalue weighted by molar-refractivity contribution is 5.10. The maximum atomic E-state index is 5.87. The zero-order chi connectivity index (χ0) is 13.1. The van der Waals surface area contributed by atoms with Gasteiger partial charge >= 0.3 is 0 Å². The maximum Gasteiger partial charge on any atom is 0.123 e. The Hall–Kier alpha value is -0.840. The summed E-state index contributed by atoms with van der Waals surface area (Å²) in [5.74, 6) is 1.87. The van der Waals surface area contributed by atoms with Gasteiger partial charge in [-0.1, -0.05) is 6.42 Å². The lowest BCUT2D eigenvalue weighted by Crippen LogP contribution is -2.54. The number of aryl methyl sites for hydroxylation is 1. The van der Waals surface area contributed by atoms with Crippen LogP contribution in [0.3, 0.4) is 0 Å². The first kappa shape index (κ1) is 13.6. The van der Waals surface area contributed by atoms with Crippen LogP contribution in [0, 0.1) is 6.92 Å². The third kappa shape index (κ3) is 2.94. The van der Waals surface area contributed by atoms with Crippen LogP contribution in [0.2, 0.25) is 0 Å². The normalized spacial score (nSPS) is 27.3. The molecule has 3 N–H and O–H groups in total. The van der Waals surface area contributed by atoms with Crippen LogP contribution in [-0.4, -0.2) is 23.6 Å². The molecule has 1 aromatic heterocycles. The number of nitrogens with two attached hydrogens (primary N) is 1. The van der Waals surface area contributed by atoms with Gasteiger partial charge < -0.3 is 10.2 Å². The zero-order valence-corrected chi connectivity index (χ0v) is 11.6. The fourth-order valence-electron chi connectivity index (χ4n) is 2.73. The average Bonchev–Trinajstić information content (AvgIpc) is 2.76. The molecule has 1 fully saturated rings. The molecule has 102 valence electrons. The molecular formula is C14H25N3O. The van der Waals surface area contributed by atoms with Crippen molar-refractivity contribution in [3.8, 4) is 0 Å². The summed E-state index contributed by atoms with van der Waals surface area (Å²) >= 11 is 0. The Labute approximate surface area is 109 Å². The summed E-state index contributed by atoms with van der Waals surface area (Å²) in [5.41, 5.74) is 9.42. The molecule has 4 heteroatoms. The van der Waals surface area contributed by atoms with Crippen LogP contribution in [0.15, 0.2) is 16.5 Å². The number of hydrogen-bond acceptors (Lipinski definition) is 4. The molecule has 1 aromatic rings. The molecule has 0 aromatic carbocycles. The fraction of sp³-hybridized carbons (Fsp3) is 0.714. The van der Waals surface area contributed by atoms with E-state index < -0.39 is 0 Å². The van der Waals surface area contributed by atoms with Crippen molar-refractivity contribution in [2.24, 2.45) is 5.73 Å². The van der Waals surface area contributed by atoms with E-state index in [9.17, 15) is 0 Å². The Morgan fingerprint density at radius 3 is 2.56 bits per heavy atom. The molecule has 1 saturated heterocycles. The molecule has 0 radical (unpaired) electrons. The molecule has 1 aliphatic rings. The third-order valence-corrected chi connectivity index (χ3v) is 3.84. The molecule has 1 aliphatic heterocycles. The SMILES string of the molecule is Cc1ccc(C(CN)NN2C(C)CCCC2C)o1. The molecule has 2 rings (SSSR count). The number of hydrogen-bond donors (Lipinski definition) is 2. The second-order valence-electron chi connectivity index (χ2n) is 5.40. The van der Waals surface area contributed by atoms with Crippen LogP contribution in [0.4, 0.5) is 0 Å². The summed E-state index contributed by atoms with van der Waals surface area (Å²) < 4.78 is 5.68. The van der Waals surface area contributed by atoms with Crippen molar-refractivity contribution < 1.29 is 4.42 Å². The van der Waals surface area contributed by atoms with Crippen LogP contribution in [0.25, 0.3) is 0 Å². The highest BCUT2D eigenvalue weighted by Crippen LogP contribution is 2.23. The zero-order valence-electron chi connectivity index (χ0n) is 11.6. The summed E-state index contributed by atoms with van der Waals surface area (Å²) in [4.78, 5) is 0. The van der Waals surface area contributed by atoms with Crippen LogP contribution >= 0.6 is 0 Å². The van der Waals surface area contributed by atoms with Crippen molar-refractivity contribution in [3.05, 3.63) is 23.7 Å². The van der Waals surface area contributed by atoms with E-state index in [0.717, 1.165) is 11.5 Å². The second kappa shape index (κ2) is 5.87. The molecule has 2 heterocycles. The predicted octanol–water partition coefficient (Wildman–Crippen LogP) is 2.36. The monoisotopic (exact) mass is 251 g/mol. The number of nitrogens with one attached hydrogen (secondary N) is 1. The summed E-state index contributed by atoms with van der Waals surface area (Å²) in [5, 5.41) is 2.35. The van der Waals surface area contributed by atoms with E-state index in [0.29, 0.717) is 18.6 Å². The minimum Gasteiger partial charge on any atom is -0.465 e. The van der Waals surface area contributed by atoms with Gasteiger partial charge in [-0.3, -0.25) is 0 Å². The Balaban J connectivity index is 2.05. The van der Waals surface area contributed by atoms with Gasteiger partial charge in [0.25, 0.3) is 0 Å². The Kier molecular flexibility index (Phi) is 4.43. The number of furan rings is 1. The first-order valence-electron chi connectivity index (χ1n) is 6.92. The van der Waals surface area contributed by atoms with Crippen LogP contribution < -0.4 is 11.2 Å². The predicted molar refractivity (Wildman–Crippen MR) is 73.0 cm³/mol. The average molecular weight is 251 g/mol. The fourth-order valence-corrected chi connectivity index (χ4v) is 2.73. The van der Waals surface area contributed by atoms with E-state index in [1.165, 1.54) is 19.3 Å². The lowest BCUT2D eigenvalue weighted by atomic mass is 9.99. The van der Waals surface area contributed by atoms with Crippen molar-refractivity contribution in [3.63, 3.8) is 0 Å². The lowest BCUT2D eigenvalue weighted by Gasteiger charge is -2.40. The summed E-state index contributed by atoms with van der Waals surface area (Å²) in [7, 11) is 0. The third-order valence-electron chi connectivity index (χ3n) is 3.84. The molecule has 0 bridgehead atoms.